The number of benzene rings is 2. The number of carbonyl (C=O) groups is 2. The lowest BCUT2D eigenvalue weighted by Gasteiger charge is -2.29. The van der Waals surface area contributed by atoms with Gasteiger partial charge in [-0.2, -0.15) is 0 Å². The van der Waals surface area contributed by atoms with Gasteiger partial charge in [0.15, 0.2) is 0 Å². The molecule has 0 radical (unpaired) electrons. The van der Waals surface area contributed by atoms with Crippen molar-refractivity contribution in [2.45, 2.75) is 11.8 Å². The highest BCUT2D eigenvalue weighted by Crippen LogP contribution is 2.42. The molecule has 1 aliphatic rings. The topological polar surface area (TPSA) is 49.4 Å². The number of fused-ring (bicyclic) bond motifs is 1. The van der Waals surface area contributed by atoms with Crippen molar-refractivity contribution in [1.82, 2.24) is 5.32 Å². The second-order valence-corrected chi connectivity index (χ2v) is 6.58. The Hall–Kier alpha value is -2.53. The van der Waals surface area contributed by atoms with Crippen LogP contribution in [-0.4, -0.2) is 25.4 Å². The normalized spacial score (nSPS) is 15.3. The summed E-state index contributed by atoms with van der Waals surface area (Å²) in [7, 11) is 1.57. The molecule has 24 heavy (non-hydrogen) atoms. The van der Waals surface area contributed by atoms with Gasteiger partial charge in [0.1, 0.15) is 6.54 Å². The third-order valence-electron chi connectivity index (χ3n) is 3.89. The number of amides is 2. The van der Waals surface area contributed by atoms with E-state index in [-0.39, 0.29) is 18.4 Å². The van der Waals surface area contributed by atoms with Crippen LogP contribution in [0.15, 0.2) is 58.3 Å². The van der Waals surface area contributed by atoms with Gasteiger partial charge in [-0.05, 0) is 36.3 Å². The zero-order valence-corrected chi connectivity index (χ0v) is 14.4. The van der Waals surface area contributed by atoms with Crippen LogP contribution in [0.25, 0.3) is 6.08 Å². The van der Waals surface area contributed by atoms with E-state index in [1.54, 1.807) is 7.05 Å². The van der Waals surface area contributed by atoms with E-state index >= 15 is 0 Å². The first-order chi connectivity index (χ1) is 11.6. The average Bonchev–Trinajstić information content (AvgIpc) is 2.60. The van der Waals surface area contributed by atoms with Crippen molar-refractivity contribution in [3.8, 4) is 0 Å². The summed E-state index contributed by atoms with van der Waals surface area (Å²) >= 11 is 1.45. The van der Waals surface area contributed by atoms with Gasteiger partial charge in [-0.3, -0.25) is 14.5 Å². The Morgan fingerprint density at radius 3 is 2.62 bits per heavy atom. The highest BCUT2D eigenvalue weighted by atomic mass is 32.2. The van der Waals surface area contributed by atoms with Crippen molar-refractivity contribution in [3.63, 3.8) is 0 Å². The minimum Gasteiger partial charge on any atom is -0.358 e. The number of nitrogens with zero attached hydrogens (tertiary/aromatic N) is 1. The number of likely N-dealkylation sites (N-methyl/N-ethyl adjacent to an activating group) is 1. The second kappa shape index (κ2) is 6.93. The lowest BCUT2D eigenvalue weighted by atomic mass is 10.1. The highest BCUT2D eigenvalue weighted by Gasteiger charge is 2.30. The van der Waals surface area contributed by atoms with E-state index in [0.29, 0.717) is 4.91 Å². The first-order valence-corrected chi connectivity index (χ1v) is 8.48. The van der Waals surface area contributed by atoms with Crippen molar-refractivity contribution < 1.29 is 9.59 Å². The third kappa shape index (κ3) is 3.21. The van der Waals surface area contributed by atoms with E-state index in [2.05, 4.69) is 5.32 Å². The fourth-order valence-electron chi connectivity index (χ4n) is 2.53. The van der Waals surface area contributed by atoms with E-state index in [4.69, 9.17) is 0 Å². The molecule has 2 amide bonds. The molecule has 1 N–H and O–H groups in total. The van der Waals surface area contributed by atoms with Gasteiger partial charge in [-0.25, -0.2) is 0 Å². The largest absolute Gasteiger partial charge is 0.358 e. The zero-order valence-electron chi connectivity index (χ0n) is 13.6. The standard InChI is InChI=1S/C19H18N2O2S/c1-13-7-3-4-8-14(13)11-17-19(23)21(12-18(22)20-2)15-9-5-6-10-16(15)24-17/h3-11H,12H2,1-2H3,(H,20,22). The first-order valence-electron chi connectivity index (χ1n) is 7.67. The van der Waals surface area contributed by atoms with Crippen LogP contribution in [0, 0.1) is 6.92 Å². The molecule has 0 spiro atoms. The molecule has 3 rings (SSSR count). The number of aryl methyl sites for hydroxylation is 1. The van der Waals surface area contributed by atoms with Crippen molar-refractivity contribution in [3.05, 3.63) is 64.6 Å². The monoisotopic (exact) mass is 338 g/mol. The number of hydrogen-bond acceptors (Lipinski definition) is 3. The molecule has 4 nitrogen and oxygen atoms in total. The predicted molar refractivity (Wildman–Crippen MR) is 97.9 cm³/mol. The Balaban J connectivity index is 2.03. The van der Waals surface area contributed by atoms with Crippen LogP contribution in [0.4, 0.5) is 5.69 Å². The smallest absolute Gasteiger partial charge is 0.265 e. The maximum absolute atomic E-state index is 12.9. The molecule has 1 heterocycles. The summed E-state index contributed by atoms with van der Waals surface area (Å²) in [5.41, 5.74) is 2.89. The minimum absolute atomic E-state index is 0.0119. The van der Waals surface area contributed by atoms with Gasteiger partial charge in [-0.1, -0.05) is 48.2 Å². The molecule has 0 unspecified atom stereocenters. The number of hydrogen-bond donors (Lipinski definition) is 1. The fraction of sp³-hybridized carbons (Fsp3) is 0.158. The summed E-state index contributed by atoms with van der Waals surface area (Å²) in [6.07, 6.45) is 1.90. The highest BCUT2D eigenvalue weighted by molar-refractivity contribution is 8.04. The molecular weight excluding hydrogens is 320 g/mol. The first kappa shape index (κ1) is 16.3. The van der Waals surface area contributed by atoms with Gasteiger partial charge in [0.2, 0.25) is 5.91 Å². The van der Waals surface area contributed by atoms with E-state index in [9.17, 15) is 9.59 Å². The Kier molecular flexibility index (Phi) is 4.71. The third-order valence-corrected chi connectivity index (χ3v) is 4.97. The molecule has 2 aromatic rings. The number of para-hydroxylation sites is 1. The molecule has 0 fully saturated rings. The van der Waals surface area contributed by atoms with E-state index < -0.39 is 0 Å². The number of rotatable bonds is 3. The number of thioether (sulfide) groups is 1. The SMILES string of the molecule is CNC(=O)CN1C(=O)C(=Cc2ccccc2C)Sc2ccccc21. The van der Waals surface area contributed by atoms with Gasteiger partial charge in [0.05, 0.1) is 10.6 Å². The molecule has 1 aliphatic heterocycles. The lowest BCUT2D eigenvalue weighted by molar-refractivity contribution is -0.122. The molecule has 5 heteroatoms. The molecule has 0 saturated heterocycles. The van der Waals surface area contributed by atoms with Crippen molar-refractivity contribution in [2.75, 3.05) is 18.5 Å². The van der Waals surface area contributed by atoms with Gasteiger partial charge < -0.3 is 5.32 Å². The van der Waals surface area contributed by atoms with E-state index in [1.807, 2.05) is 61.5 Å². The summed E-state index contributed by atoms with van der Waals surface area (Å²) in [4.78, 5) is 27.9. The Bertz CT molecular complexity index is 830. The van der Waals surface area contributed by atoms with Crippen LogP contribution in [0.5, 0.6) is 0 Å². The van der Waals surface area contributed by atoms with Crippen LogP contribution in [0.1, 0.15) is 11.1 Å². The quantitative estimate of drug-likeness (QED) is 0.874. The summed E-state index contributed by atoms with van der Waals surface area (Å²) in [5, 5.41) is 2.58. The van der Waals surface area contributed by atoms with Crippen LogP contribution >= 0.6 is 11.8 Å². The lowest BCUT2D eigenvalue weighted by Crippen LogP contribution is -2.41. The molecule has 0 atom stereocenters. The number of carbonyl (C=O) groups excluding carboxylic acids is 2. The molecule has 2 aromatic carbocycles. The molecule has 0 aliphatic carbocycles. The average molecular weight is 338 g/mol. The number of anilines is 1. The fourth-order valence-corrected chi connectivity index (χ4v) is 3.58. The van der Waals surface area contributed by atoms with Gasteiger partial charge in [-0.15, -0.1) is 0 Å². The predicted octanol–water partition coefficient (Wildman–Crippen LogP) is 3.22. The Labute approximate surface area is 145 Å². The molecule has 0 bridgehead atoms. The van der Waals surface area contributed by atoms with Gasteiger partial charge >= 0.3 is 0 Å². The van der Waals surface area contributed by atoms with Crippen LogP contribution in [0.3, 0.4) is 0 Å². The maximum Gasteiger partial charge on any atom is 0.265 e. The molecule has 0 aromatic heterocycles. The van der Waals surface area contributed by atoms with E-state index in [0.717, 1.165) is 21.7 Å². The molecule has 122 valence electrons. The Morgan fingerprint density at radius 2 is 1.88 bits per heavy atom. The number of nitrogens with one attached hydrogen (secondary N) is 1. The van der Waals surface area contributed by atoms with Crippen LogP contribution < -0.4 is 10.2 Å². The van der Waals surface area contributed by atoms with Crippen molar-refractivity contribution in [1.29, 1.82) is 0 Å². The minimum atomic E-state index is -0.194. The van der Waals surface area contributed by atoms with Gasteiger partial charge in [0.25, 0.3) is 5.91 Å². The second-order valence-electron chi connectivity index (χ2n) is 5.50. The van der Waals surface area contributed by atoms with Crippen LogP contribution in [-0.2, 0) is 9.59 Å². The van der Waals surface area contributed by atoms with Gasteiger partial charge in [0, 0.05) is 11.9 Å². The molecule has 0 saturated carbocycles. The summed E-state index contributed by atoms with van der Waals surface area (Å²) in [5.74, 6) is -0.342. The van der Waals surface area contributed by atoms with Crippen molar-refractivity contribution in [2.24, 2.45) is 0 Å². The van der Waals surface area contributed by atoms with Crippen LogP contribution in [0.2, 0.25) is 0 Å². The molecular formula is C19H18N2O2S. The Morgan fingerprint density at radius 1 is 1.17 bits per heavy atom. The summed E-state index contributed by atoms with van der Waals surface area (Å²) in [6, 6.07) is 15.6. The maximum atomic E-state index is 12.9. The van der Waals surface area contributed by atoms with E-state index in [1.165, 1.54) is 16.7 Å². The zero-order chi connectivity index (χ0) is 17.1. The summed E-state index contributed by atoms with van der Waals surface area (Å²) < 4.78 is 0. The van der Waals surface area contributed by atoms with Crippen molar-refractivity contribution >= 4 is 35.3 Å². The summed E-state index contributed by atoms with van der Waals surface area (Å²) in [6.45, 7) is 2.03.